The summed E-state index contributed by atoms with van der Waals surface area (Å²) in [6, 6.07) is 18.9. The number of ether oxygens (including phenoxy) is 1. The summed E-state index contributed by atoms with van der Waals surface area (Å²) < 4.78 is 4.97. The first-order valence-electron chi connectivity index (χ1n) is 8.28. The number of nitrogens with one attached hydrogen (secondary N) is 1. The molecule has 1 heterocycles. The Morgan fingerprint density at radius 1 is 1.11 bits per heavy atom. The molecule has 0 saturated heterocycles. The molecule has 5 nitrogen and oxygen atoms in total. The number of aromatic nitrogens is 1. The average molecular weight is 378 g/mol. The van der Waals surface area contributed by atoms with Gasteiger partial charge in [0.2, 0.25) is 0 Å². The maximum absolute atomic E-state index is 11.9. The van der Waals surface area contributed by atoms with E-state index in [0.29, 0.717) is 11.4 Å². The molecule has 3 aromatic rings. The summed E-state index contributed by atoms with van der Waals surface area (Å²) in [6.07, 6.45) is 4.78. The highest BCUT2D eigenvalue weighted by molar-refractivity contribution is 7.98. The SMILES string of the molecule is CSc1cccc(NC(=O)COC(=O)/C=C/c2ccc3ccccc3n2)c1. The summed E-state index contributed by atoms with van der Waals surface area (Å²) in [6.45, 7) is -0.349. The van der Waals surface area contributed by atoms with Gasteiger partial charge < -0.3 is 10.1 Å². The fourth-order valence-corrected chi connectivity index (χ4v) is 2.87. The molecule has 0 fully saturated rings. The van der Waals surface area contributed by atoms with Gasteiger partial charge in [0.1, 0.15) is 0 Å². The van der Waals surface area contributed by atoms with E-state index in [9.17, 15) is 9.59 Å². The standard InChI is InChI=1S/C21H18N2O3S/c1-27-18-7-4-6-17(13-18)23-20(24)14-26-21(25)12-11-16-10-9-15-5-2-3-8-19(15)22-16/h2-13H,14H2,1H3,(H,23,24)/b12-11+. The number of pyridine rings is 1. The van der Waals surface area contributed by atoms with Crippen LogP contribution in [0, 0.1) is 0 Å². The van der Waals surface area contributed by atoms with E-state index in [2.05, 4.69) is 10.3 Å². The molecule has 0 aliphatic carbocycles. The lowest BCUT2D eigenvalue weighted by Gasteiger charge is -2.06. The predicted molar refractivity (Wildman–Crippen MR) is 109 cm³/mol. The fourth-order valence-electron chi connectivity index (χ4n) is 2.41. The molecular weight excluding hydrogens is 360 g/mol. The summed E-state index contributed by atoms with van der Waals surface area (Å²) in [5.41, 5.74) is 2.16. The van der Waals surface area contributed by atoms with Crippen LogP contribution in [0.4, 0.5) is 5.69 Å². The first-order chi connectivity index (χ1) is 13.1. The van der Waals surface area contributed by atoms with E-state index in [1.165, 1.54) is 6.08 Å². The molecule has 0 unspecified atom stereocenters. The lowest BCUT2D eigenvalue weighted by molar-refractivity contribution is -0.142. The number of anilines is 1. The van der Waals surface area contributed by atoms with E-state index in [0.717, 1.165) is 15.8 Å². The Morgan fingerprint density at radius 3 is 2.81 bits per heavy atom. The molecule has 1 amide bonds. The van der Waals surface area contributed by atoms with Crippen LogP contribution in [0.1, 0.15) is 5.69 Å². The highest BCUT2D eigenvalue weighted by Gasteiger charge is 2.06. The number of hydrogen-bond acceptors (Lipinski definition) is 5. The number of carbonyl (C=O) groups excluding carboxylic acids is 2. The van der Waals surface area contributed by atoms with Gasteiger partial charge in [0.05, 0.1) is 11.2 Å². The van der Waals surface area contributed by atoms with Gasteiger partial charge in [-0.3, -0.25) is 4.79 Å². The second-order valence-corrected chi connectivity index (χ2v) is 6.53. The zero-order valence-corrected chi connectivity index (χ0v) is 15.5. The maximum atomic E-state index is 11.9. The van der Waals surface area contributed by atoms with E-state index < -0.39 is 5.97 Å². The zero-order valence-electron chi connectivity index (χ0n) is 14.7. The van der Waals surface area contributed by atoms with Crippen LogP contribution in [0.15, 0.2) is 71.6 Å². The topological polar surface area (TPSA) is 68.3 Å². The van der Waals surface area contributed by atoms with Crippen LogP contribution in [0.25, 0.3) is 17.0 Å². The van der Waals surface area contributed by atoms with Gasteiger partial charge >= 0.3 is 5.97 Å². The Hall–Kier alpha value is -3.12. The molecule has 0 radical (unpaired) electrons. The molecule has 0 bridgehead atoms. The van der Waals surface area contributed by atoms with Crippen molar-refractivity contribution in [3.63, 3.8) is 0 Å². The third kappa shape index (κ3) is 5.43. The molecule has 0 spiro atoms. The molecule has 136 valence electrons. The Kier molecular flexibility index (Phi) is 6.22. The van der Waals surface area contributed by atoms with Crippen LogP contribution in [0.5, 0.6) is 0 Å². The average Bonchev–Trinajstić information content (AvgIpc) is 2.70. The van der Waals surface area contributed by atoms with E-state index in [1.807, 2.05) is 60.9 Å². The Labute approximate surface area is 161 Å². The number of fused-ring (bicyclic) bond motifs is 1. The summed E-state index contributed by atoms with van der Waals surface area (Å²) in [7, 11) is 0. The van der Waals surface area contributed by atoms with Gasteiger partial charge in [-0.1, -0.05) is 30.3 Å². The number of amides is 1. The van der Waals surface area contributed by atoms with E-state index in [1.54, 1.807) is 23.9 Å². The van der Waals surface area contributed by atoms with Crippen molar-refractivity contribution in [2.24, 2.45) is 0 Å². The van der Waals surface area contributed by atoms with Crippen molar-refractivity contribution in [1.82, 2.24) is 4.98 Å². The predicted octanol–water partition coefficient (Wildman–Crippen LogP) is 4.15. The number of hydrogen-bond donors (Lipinski definition) is 1. The molecule has 1 aromatic heterocycles. The number of benzene rings is 2. The largest absolute Gasteiger partial charge is 0.452 e. The van der Waals surface area contributed by atoms with Gasteiger partial charge in [-0.05, 0) is 42.7 Å². The molecule has 27 heavy (non-hydrogen) atoms. The van der Waals surface area contributed by atoms with E-state index in [-0.39, 0.29) is 12.5 Å². The summed E-state index contributed by atoms with van der Waals surface area (Å²) in [5.74, 6) is -0.989. The number of rotatable bonds is 6. The minimum Gasteiger partial charge on any atom is -0.452 e. The quantitative estimate of drug-likeness (QED) is 0.396. The summed E-state index contributed by atoms with van der Waals surface area (Å²) >= 11 is 1.58. The third-order valence-corrected chi connectivity index (χ3v) is 4.43. The lowest BCUT2D eigenvalue weighted by Crippen LogP contribution is -2.20. The van der Waals surface area contributed by atoms with Gasteiger partial charge in [0.25, 0.3) is 5.91 Å². The van der Waals surface area contributed by atoms with Crippen LogP contribution in [0.3, 0.4) is 0 Å². The Morgan fingerprint density at radius 2 is 1.96 bits per heavy atom. The Balaban J connectivity index is 1.52. The van der Waals surface area contributed by atoms with Crippen molar-refractivity contribution in [3.8, 4) is 0 Å². The van der Waals surface area contributed by atoms with E-state index >= 15 is 0 Å². The second-order valence-electron chi connectivity index (χ2n) is 5.65. The van der Waals surface area contributed by atoms with Crippen LogP contribution < -0.4 is 5.32 Å². The maximum Gasteiger partial charge on any atom is 0.331 e. The summed E-state index contributed by atoms with van der Waals surface area (Å²) in [4.78, 5) is 29.2. The Bertz CT molecular complexity index is 1000. The number of esters is 1. The molecule has 0 aliphatic heterocycles. The van der Waals surface area contributed by atoms with Crippen LogP contribution in [-0.2, 0) is 14.3 Å². The van der Waals surface area contributed by atoms with Crippen LogP contribution in [0.2, 0.25) is 0 Å². The zero-order chi connectivity index (χ0) is 19.1. The van der Waals surface area contributed by atoms with Gasteiger partial charge in [-0.15, -0.1) is 11.8 Å². The molecule has 2 aromatic carbocycles. The smallest absolute Gasteiger partial charge is 0.331 e. The minimum atomic E-state index is -0.599. The monoisotopic (exact) mass is 378 g/mol. The molecular formula is C21H18N2O3S. The summed E-state index contributed by atoms with van der Waals surface area (Å²) in [5, 5.41) is 3.73. The number of para-hydroxylation sites is 1. The fraction of sp³-hybridized carbons (Fsp3) is 0.0952. The molecule has 0 saturated carbocycles. The molecule has 1 N–H and O–H groups in total. The molecule has 0 atom stereocenters. The number of nitrogens with zero attached hydrogens (tertiary/aromatic N) is 1. The van der Waals surface area contributed by atoms with Gasteiger partial charge in [0, 0.05) is 22.0 Å². The van der Waals surface area contributed by atoms with Crippen LogP contribution in [-0.4, -0.2) is 29.7 Å². The molecule has 0 aliphatic rings. The second kappa shape index (κ2) is 9.00. The van der Waals surface area contributed by atoms with Crippen molar-refractivity contribution >= 4 is 46.3 Å². The normalized spacial score (nSPS) is 10.9. The van der Waals surface area contributed by atoms with Crippen molar-refractivity contribution in [3.05, 3.63) is 72.4 Å². The van der Waals surface area contributed by atoms with Crippen molar-refractivity contribution in [2.75, 3.05) is 18.2 Å². The van der Waals surface area contributed by atoms with Gasteiger partial charge in [0.15, 0.2) is 6.61 Å². The first kappa shape index (κ1) is 18.7. The van der Waals surface area contributed by atoms with Crippen LogP contribution >= 0.6 is 11.8 Å². The highest BCUT2D eigenvalue weighted by atomic mass is 32.2. The first-order valence-corrected chi connectivity index (χ1v) is 9.51. The highest BCUT2D eigenvalue weighted by Crippen LogP contribution is 2.18. The number of thioether (sulfide) groups is 1. The lowest BCUT2D eigenvalue weighted by atomic mass is 10.2. The number of carbonyl (C=O) groups is 2. The molecule has 6 heteroatoms. The van der Waals surface area contributed by atoms with Gasteiger partial charge in [-0.25, -0.2) is 9.78 Å². The van der Waals surface area contributed by atoms with Crippen molar-refractivity contribution in [2.45, 2.75) is 4.90 Å². The van der Waals surface area contributed by atoms with E-state index in [4.69, 9.17) is 4.74 Å². The molecule has 3 rings (SSSR count). The third-order valence-electron chi connectivity index (χ3n) is 3.71. The van der Waals surface area contributed by atoms with Crippen molar-refractivity contribution < 1.29 is 14.3 Å². The van der Waals surface area contributed by atoms with Crippen molar-refractivity contribution in [1.29, 1.82) is 0 Å². The minimum absolute atomic E-state index is 0.349. The van der Waals surface area contributed by atoms with Gasteiger partial charge in [-0.2, -0.15) is 0 Å².